The van der Waals surface area contributed by atoms with Gasteiger partial charge in [0.2, 0.25) is 0 Å². The lowest BCUT2D eigenvalue weighted by atomic mass is 10.1. The average molecular weight is 445 g/mol. The van der Waals surface area contributed by atoms with Gasteiger partial charge in [-0.25, -0.2) is 9.59 Å². The largest absolute Gasteiger partial charge is 0.465 e. The van der Waals surface area contributed by atoms with E-state index in [1.807, 2.05) is 0 Å². The maximum absolute atomic E-state index is 13.5. The van der Waals surface area contributed by atoms with Crippen LogP contribution in [0.1, 0.15) is 5.56 Å². The zero-order valence-corrected chi connectivity index (χ0v) is 17.1. The van der Waals surface area contributed by atoms with Crippen LogP contribution in [0.25, 0.3) is 0 Å². The summed E-state index contributed by atoms with van der Waals surface area (Å²) in [5.74, 6) is -1.44. The van der Waals surface area contributed by atoms with Gasteiger partial charge in [-0.15, -0.1) is 0 Å². The lowest BCUT2D eigenvalue weighted by Gasteiger charge is -2.26. The molecule has 0 saturated carbocycles. The number of anilines is 1. The topological polar surface area (TPSA) is 65.1 Å². The first-order valence-corrected chi connectivity index (χ1v) is 9.25. The van der Waals surface area contributed by atoms with Crippen LogP contribution in [0.3, 0.4) is 0 Å². The first kappa shape index (κ1) is 22.7. The molecule has 1 heterocycles. The quantitative estimate of drug-likeness (QED) is 0.605. The Bertz CT molecular complexity index is 1100. The van der Waals surface area contributed by atoms with E-state index in [9.17, 15) is 22.8 Å². The maximum Gasteiger partial charge on any atom is 0.416 e. The number of hydrogen-bond acceptors (Lipinski definition) is 6. The van der Waals surface area contributed by atoms with Crippen LogP contribution in [0.5, 0.6) is 11.5 Å². The number of rotatable bonds is 5. The number of carbonyl (C=O) groups is 2. The molecule has 2 aromatic rings. The zero-order chi connectivity index (χ0) is 23.3. The van der Waals surface area contributed by atoms with Crippen LogP contribution in [0, 0.1) is 0 Å². The standard InChI is InChI=1S/C23H18F3NO5/c1-30-21(28)17-10-6-7-13-27(20(17)22(29)31-2)18-14-15(23(24,25)26)11-12-19(18)32-16-8-4-3-5-9-16/h3-14H,1-2H3. The molecule has 32 heavy (non-hydrogen) atoms. The molecule has 0 atom stereocenters. The number of methoxy groups -OCH3 is 2. The van der Waals surface area contributed by atoms with Gasteiger partial charge in [0.1, 0.15) is 11.4 Å². The van der Waals surface area contributed by atoms with Gasteiger partial charge < -0.3 is 19.1 Å². The number of hydrogen-bond donors (Lipinski definition) is 0. The van der Waals surface area contributed by atoms with Crippen LogP contribution in [-0.2, 0) is 25.2 Å². The van der Waals surface area contributed by atoms with E-state index in [0.717, 1.165) is 37.3 Å². The summed E-state index contributed by atoms with van der Waals surface area (Å²) in [5.41, 5.74) is -1.64. The van der Waals surface area contributed by atoms with Crippen LogP contribution >= 0.6 is 0 Å². The Morgan fingerprint density at radius 2 is 1.59 bits per heavy atom. The molecule has 1 aliphatic rings. The molecule has 166 valence electrons. The van der Waals surface area contributed by atoms with Gasteiger partial charge in [0, 0.05) is 6.20 Å². The SMILES string of the molecule is COC(=O)C1=C(C(=O)OC)N(c2cc(C(F)(F)F)ccc2Oc2ccccc2)C=CC=C1. The van der Waals surface area contributed by atoms with Gasteiger partial charge in [0.15, 0.2) is 5.75 Å². The van der Waals surface area contributed by atoms with Crippen molar-refractivity contribution in [3.05, 3.63) is 89.8 Å². The Kier molecular flexibility index (Phi) is 6.67. The molecule has 6 nitrogen and oxygen atoms in total. The molecular formula is C23H18F3NO5. The molecule has 0 N–H and O–H groups in total. The fraction of sp³-hybridized carbons (Fsp3) is 0.130. The number of esters is 2. The van der Waals surface area contributed by atoms with Crippen LogP contribution in [0.2, 0.25) is 0 Å². The van der Waals surface area contributed by atoms with E-state index >= 15 is 0 Å². The van der Waals surface area contributed by atoms with Gasteiger partial charge in [-0.05, 0) is 42.5 Å². The van der Waals surface area contributed by atoms with Crippen molar-refractivity contribution in [3.63, 3.8) is 0 Å². The fourth-order valence-electron chi connectivity index (χ4n) is 2.93. The molecule has 3 rings (SSSR count). The summed E-state index contributed by atoms with van der Waals surface area (Å²) in [6.07, 6.45) is 0.867. The van der Waals surface area contributed by atoms with Gasteiger partial charge in [-0.1, -0.05) is 24.3 Å². The summed E-state index contributed by atoms with van der Waals surface area (Å²) < 4.78 is 55.8. The van der Waals surface area contributed by atoms with Crippen LogP contribution in [-0.4, -0.2) is 26.2 Å². The monoisotopic (exact) mass is 445 g/mol. The second-order valence-electron chi connectivity index (χ2n) is 6.41. The van der Waals surface area contributed by atoms with Crippen molar-refractivity contribution in [2.24, 2.45) is 0 Å². The highest BCUT2D eigenvalue weighted by atomic mass is 19.4. The van der Waals surface area contributed by atoms with Crippen molar-refractivity contribution in [2.45, 2.75) is 6.18 Å². The summed E-state index contributed by atoms with van der Waals surface area (Å²) in [6, 6.07) is 11.2. The number of para-hydroxylation sites is 1. The maximum atomic E-state index is 13.5. The predicted molar refractivity (Wildman–Crippen MR) is 110 cm³/mol. The molecule has 0 saturated heterocycles. The molecular weight excluding hydrogens is 427 g/mol. The molecule has 0 spiro atoms. The van der Waals surface area contributed by atoms with E-state index in [4.69, 9.17) is 14.2 Å². The Balaban J connectivity index is 2.25. The summed E-state index contributed by atoms with van der Waals surface area (Å²) >= 11 is 0. The van der Waals surface area contributed by atoms with E-state index in [-0.39, 0.29) is 22.7 Å². The molecule has 1 aliphatic heterocycles. The highest BCUT2D eigenvalue weighted by Gasteiger charge is 2.34. The Morgan fingerprint density at radius 3 is 2.22 bits per heavy atom. The van der Waals surface area contributed by atoms with Crippen LogP contribution < -0.4 is 9.64 Å². The number of halogens is 3. The normalized spacial score (nSPS) is 13.6. The third kappa shape index (κ3) is 4.83. The Labute approximate surface area is 181 Å². The lowest BCUT2D eigenvalue weighted by molar-refractivity contribution is -0.139. The van der Waals surface area contributed by atoms with Crippen molar-refractivity contribution in [2.75, 3.05) is 19.1 Å². The second kappa shape index (κ2) is 9.42. The van der Waals surface area contributed by atoms with Gasteiger partial charge in [-0.3, -0.25) is 0 Å². The summed E-state index contributed by atoms with van der Waals surface area (Å²) in [5, 5.41) is 0. The number of allylic oxidation sites excluding steroid dienone is 2. The van der Waals surface area contributed by atoms with Gasteiger partial charge in [-0.2, -0.15) is 13.2 Å². The summed E-state index contributed by atoms with van der Waals surface area (Å²) in [4.78, 5) is 26.1. The van der Waals surface area contributed by atoms with Gasteiger partial charge >= 0.3 is 18.1 Å². The second-order valence-corrected chi connectivity index (χ2v) is 6.41. The molecule has 0 aliphatic carbocycles. The van der Waals surface area contributed by atoms with Gasteiger partial charge in [0.25, 0.3) is 0 Å². The number of ether oxygens (including phenoxy) is 3. The molecule has 0 aromatic heterocycles. The number of alkyl halides is 3. The van der Waals surface area contributed by atoms with Crippen molar-refractivity contribution in [1.29, 1.82) is 0 Å². The number of nitrogens with zero attached hydrogens (tertiary/aromatic N) is 1. The number of carbonyl (C=O) groups excluding carboxylic acids is 2. The van der Waals surface area contributed by atoms with Crippen LogP contribution in [0.15, 0.2) is 84.2 Å². The molecule has 0 amide bonds. The van der Waals surface area contributed by atoms with Crippen LogP contribution in [0.4, 0.5) is 18.9 Å². The molecule has 0 fully saturated rings. The molecule has 0 radical (unpaired) electrons. The van der Waals surface area contributed by atoms with E-state index in [1.165, 1.54) is 24.4 Å². The first-order chi connectivity index (χ1) is 15.3. The fourth-order valence-corrected chi connectivity index (χ4v) is 2.93. The third-order valence-electron chi connectivity index (χ3n) is 4.41. The first-order valence-electron chi connectivity index (χ1n) is 9.25. The predicted octanol–water partition coefficient (Wildman–Crippen LogP) is 4.99. The zero-order valence-electron chi connectivity index (χ0n) is 17.1. The smallest absolute Gasteiger partial charge is 0.416 e. The van der Waals surface area contributed by atoms with Crippen molar-refractivity contribution in [3.8, 4) is 11.5 Å². The van der Waals surface area contributed by atoms with Crippen molar-refractivity contribution < 1.29 is 37.0 Å². The lowest BCUT2D eigenvalue weighted by Crippen LogP contribution is -2.27. The molecule has 2 aromatic carbocycles. The van der Waals surface area contributed by atoms with E-state index < -0.39 is 23.7 Å². The van der Waals surface area contributed by atoms with Crippen molar-refractivity contribution >= 4 is 17.6 Å². The minimum absolute atomic E-state index is 0.0152. The molecule has 9 heteroatoms. The minimum Gasteiger partial charge on any atom is -0.465 e. The number of benzene rings is 2. The minimum atomic E-state index is -4.66. The summed E-state index contributed by atoms with van der Waals surface area (Å²) in [7, 11) is 2.21. The highest BCUT2D eigenvalue weighted by Crippen LogP contribution is 2.41. The van der Waals surface area contributed by atoms with E-state index in [2.05, 4.69) is 0 Å². The van der Waals surface area contributed by atoms with E-state index in [0.29, 0.717) is 5.75 Å². The third-order valence-corrected chi connectivity index (χ3v) is 4.41. The van der Waals surface area contributed by atoms with Gasteiger partial charge in [0.05, 0.1) is 31.0 Å². The molecule has 0 unspecified atom stereocenters. The average Bonchev–Trinajstić information content (AvgIpc) is 3.01. The van der Waals surface area contributed by atoms with E-state index in [1.54, 1.807) is 30.3 Å². The molecule has 0 bridgehead atoms. The highest BCUT2D eigenvalue weighted by molar-refractivity contribution is 6.05. The van der Waals surface area contributed by atoms with Crippen molar-refractivity contribution in [1.82, 2.24) is 0 Å². The summed E-state index contributed by atoms with van der Waals surface area (Å²) in [6.45, 7) is 0. The Hall–Kier alpha value is -4.01. The Morgan fingerprint density at radius 1 is 0.906 bits per heavy atom.